The van der Waals surface area contributed by atoms with Gasteiger partial charge in [-0.25, -0.2) is 0 Å². The van der Waals surface area contributed by atoms with Crippen molar-refractivity contribution in [1.82, 2.24) is 20.0 Å². The quantitative estimate of drug-likeness (QED) is 0.702. The van der Waals surface area contributed by atoms with Gasteiger partial charge >= 0.3 is 0 Å². The molecule has 6 nitrogen and oxygen atoms in total. The van der Waals surface area contributed by atoms with Gasteiger partial charge in [0.25, 0.3) is 0 Å². The number of unbranched alkanes of at least 4 members (excludes halogenated alkanes) is 1. The van der Waals surface area contributed by atoms with Crippen molar-refractivity contribution >= 4 is 11.8 Å². The summed E-state index contributed by atoms with van der Waals surface area (Å²) in [6, 6.07) is 0. The van der Waals surface area contributed by atoms with Crippen molar-refractivity contribution in [2.24, 2.45) is 0 Å². The highest BCUT2D eigenvalue weighted by Gasteiger charge is 2.23. The van der Waals surface area contributed by atoms with Crippen LogP contribution in [0.3, 0.4) is 0 Å². The van der Waals surface area contributed by atoms with Gasteiger partial charge in [-0.2, -0.15) is 0 Å². The maximum Gasteiger partial charge on any atom is 0.236 e. The van der Waals surface area contributed by atoms with Crippen LogP contribution in [0.1, 0.15) is 45.4 Å². The summed E-state index contributed by atoms with van der Waals surface area (Å²) in [6.45, 7) is 9.27. The Bertz CT molecular complexity index is 386. The molecule has 2 amide bonds. The number of nitrogens with one attached hydrogen (secondary N) is 1. The number of carbonyl (C=O) groups is 2. The number of rotatable bonds is 7. The van der Waals surface area contributed by atoms with E-state index in [0.717, 1.165) is 71.5 Å². The normalized spacial score (nSPS) is 20.6. The fraction of sp³-hybridized carbons (Fsp3) is 0.889. The van der Waals surface area contributed by atoms with Gasteiger partial charge in [0.2, 0.25) is 11.8 Å². The minimum atomic E-state index is 0.123. The van der Waals surface area contributed by atoms with Crippen molar-refractivity contribution in [3.8, 4) is 0 Å². The van der Waals surface area contributed by atoms with E-state index in [4.69, 9.17) is 0 Å². The molecule has 0 aliphatic carbocycles. The van der Waals surface area contributed by atoms with Gasteiger partial charge in [-0.05, 0) is 19.3 Å². The average Bonchev–Trinajstić information content (AvgIpc) is 2.86. The smallest absolute Gasteiger partial charge is 0.236 e. The lowest BCUT2D eigenvalue weighted by atomic mass is 10.2. The van der Waals surface area contributed by atoms with Gasteiger partial charge in [-0.15, -0.1) is 0 Å². The van der Waals surface area contributed by atoms with Gasteiger partial charge in [0.1, 0.15) is 0 Å². The van der Waals surface area contributed by atoms with Gasteiger partial charge in [0.15, 0.2) is 0 Å². The van der Waals surface area contributed by atoms with Crippen LogP contribution in [0.5, 0.6) is 0 Å². The molecule has 2 rings (SSSR count). The SMILES string of the molecule is CCCCNC(=O)CN1CCN(CC(=O)N2CCCCCC2)CC1. The van der Waals surface area contributed by atoms with Crippen LogP contribution in [-0.2, 0) is 9.59 Å². The molecule has 2 aliphatic heterocycles. The predicted molar refractivity (Wildman–Crippen MR) is 95.8 cm³/mol. The maximum absolute atomic E-state index is 12.4. The van der Waals surface area contributed by atoms with E-state index in [1.54, 1.807) is 0 Å². The minimum absolute atomic E-state index is 0.123. The Morgan fingerprint density at radius 2 is 1.42 bits per heavy atom. The monoisotopic (exact) mass is 338 g/mol. The van der Waals surface area contributed by atoms with Crippen molar-refractivity contribution in [2.45, 2.75) is 45.4 Å². The zero-order chi connectivity index (χ0) is 17.2. The standard InChI is InChI=1S/C18H34N4O2/c1-2-3-8-19-17(23)15-20-11-13-21(14-12-20)16-18(24)22-9-6-4-5-7-10-22/h2-16H2,1H3,(H,19,23). The number of piperazine rings is 1. The summed E-state index contributed by atoms with van der Waals surface area (Å²) in [4.78, 5) is 30.8. The van der Waals surface area contributed by atoms with E-state index in [0.29, 0.717) is 13.1 Å². The molecule has 0 aromatic heterocycles. The fourth-order valence-corrected chi connectivity index (χ4v) is 3.38. The first-order chi connectivity index (χ1) is 11.7. The predicted octanol–water partition coefficient (Wildman–Crippen LogP) is 0.923. The number of amides is 2. The molecule has 0 aromatic rings. The molecule has 0 unspecified atom stereocenters. The number of carbonyl (C=O) groups excluding carboxylic acids is 2. The highest BCUT2D eigenvalue weighted by Crippen LogP contribution is 2.10. The summed E-state index contributed by atoms with van der Waals surface area (Å²) in [7, 11) is 0. The molecule has 0 atom stereocenters. The van der Waals surface area contributed by atoms with E-state index in [9.17, 15) is 9.59 Å². The molecule has 24 heavy (non-hydrogen) atoms. The molecule has 0 saturated carbocycles. The van der Waals surface area contributed by atoms with Crippen LogP contribution >= 0.6 is 0 Å². The Morgan fingerprint density at radius 1 is 0.833 bits per heavy atom. The van der Waals surface area contributed by atoms with Crippen molar-refractivity contribution in [2.75, 3.05) is 58.9 Å². The molecule has 1 N–H and O–H groups in total. The van der Waals surface area contributed by atoms with E-state index in [-0.39, 0.29) is 11.8 Å². The van der Waals surface area contributed by atoms with Gasteiger partial charge in [0.05, 0.1) is 13.1 Å². The summed E-state index contributed by atoms with van der Waals surface area (Å²) in [5.74, 6) is 0.403. The van der Waals surface area contributed by atoms with E-state index >= 15 is 0 Å². The van der Waals surface area contributed by atoms with Crippen molar-refractivity contribution < 1.29 is 9.59 Å². The van der Waals surface area contributed by atoms with Crippen molar-refractivity contribution in [1.29, 1.82) is 0 Å². The maximum atomic E-state index is 12.4. The van der Waals surface area contributed by atoms with Gasteiger partial charge in [-0.1, -0.05) is 26.2 Å². The summed E-state index contributed by atoms with van der Waals surface area (Å²) in [5, 5.41) is 2.97. The molecule has 2 aliphatic rings. The van der Waals surface area contributed by atoms with Crippen molar-refractivity contribution in [3.63, 3.8) is 0 Å². The molecular weight excluding hydrogens is 304 g/mol. The van der Waals surface area contributed by atoms with E-state index in [1.165, 1.54) is 12.8 Å². The van der Waals surface area contributed by atoms with Gasteiger partial charge < -0.3 is 10.2 Å². The number of nitrogens with zero attached hydrogens (tertiary/aromatic N) is 3. The molecule has 2 saturated heterocycles. The Hall–Kier alpha value is -1.14. The molecule has 0 aromatic carbocycles. The molecule has 0 spiro atoms. The average molecular weight is 338 g/mol. The lowest BCUT2D eigenvalue weighted by Gasteiger charge is -2.35. The van der Waals surface area contributed by atoms with Crippen LogP contribution < -0.4 is 5.32 Å². The van der Waals surface area contributed by atoms with E-state index < -0.39 is 0 Å². The number of hydrogen-bond donors (Lipinski definition) is 1. The van der Waals surface area contributed by atoms with Crippen LogP contribution in [0.2, 0.25) is 0 Å². The van der Waals surface area contributed by atoms with Gasteiger partial charge in [0, 0.05) is 45.8 Å². The zero-order valence-electron chi connectivity index (χ0n) is 15.3. The van der Waals surface area contributed by atoms with Crippen molar-refractivity contribution in [3.05, 3.63) is 0 Å². The molecule has 6 heteroatoms. The third kappa shape index (κ3) is 6.77. The molecule has 138 valence electrons. The fourth-order valence-electron chi connectivity index (χ4n) is 3.38. The largest absolute Gasteiger partial charge is 0.355 e. The first-order valence-corrected chi connectivity index (χ1v) is 9.68. The summed E-state index contributed by atoms with van der Waals surface area (Å²) in [5.41, 5.74) is 0. The minimum Gasteiger partial charge on any atom is -0.355 e. The second-order valence-electron chi connectivity index (χ2n) is 7.05. The summed E-state index contributed by atoms with van der Waals surface area (Å²) >= 11 is 0. The van der Waals surface area contributed by atoms with Crippen LogP contribution in [-0.4, -0.2) is 85.4 Å². The van der Waals surface area contributed by atoms with Gasteiger partial charge in [-0.3, -0.25) is 19.4 Å². The van der Waals surface area contributed by atoms with Crippen LogP contribution in [0.4, 0.5) is 0 Å². The van der Waals surface area contributed by atoms with Crippen LogP contribution in [0.15, 0.2) is 0 Å². The Balaban J connectivity index is 1.63. The third-order valence-electron chi connectivity index (χ3n) is 5.00. The Morgan fingerprint density at radius 3 is 2.00 bits per heavy atom. The first-order valence-electron chi connectivity index (χ1n) is 9.68. The summed E-state index contributed by atoms with van der Waals surface area (Å²) < 4.78 is 0. The van der Waals surface area contributed by atoms with E-state index in [1.807, 2.05) is 4.90 Å². The Labute approximate surface area is 146 Å². The molecule has 2 fully saturated rings. The lowest BCUT2D eigenvalue weighted by molar-refractivity contribution is -0.133. The second-order valence-corrected chi connectivity index (χ2v) is 7.05. The molecular formula is C18H34N4O2. The topological polar surface area (TPSA) is 55.9 Å². The van der Waals surface area contributed by atoms with Crippen LogP contribution in [0, 0.1) is 0 Å². The molecule has 2 heterocycles. The first kappa shape index (κ1) is 19.2. The highest BCUT2D eigenvalue weighted by molar-refractivity contribution is 5.78. The van der Waals surface area contributed by atoms with Crippen LogP contribution in [0.25, 0.3) is 0 Å². The number of hydrogen-bond acceptors (Lipinski definition) is 4. The Kier molecular flexibility index (Phi) is 8.53. The molecule has 0 bridgehead atoms. The second kappa shape index (κ2) is 10.7. The van der Waals surface area contributed by atoms with E-state index in [2.05, 4.69) is 22.0 Å². The third-order valence-corrected chi connectivity index (χ3v) is 5.00. The summed E-state index contributed by atoms with van der Waals surface area (Å²) in [6.07, 6.45) is 6.94. The lowest BCUT2D eigenvalue weighted by Crippen LogP contribution is -2.52. The zero-order valence-corrected chi connectivity index (χ0v) is 15.3. The number of likely N-dealkylation sites (tertiary alicyclic amines) is 1. The molecule has 0 radical (unpaired) electrons. The highest BCUT2D eigenvalue weighted by atomic mass is 16.2.